The van der Waals surface area contributed by atoms with E-state index in [1.165, 1.54) is 0 Å². The van der Waals surface area contributed by atoms with Gasteiger partial charge in [0.05, 0.1) is 0 Å². The number of carbonyl (C=O) groups excluding carboxylic acids is 1. The molecule has 0 aromatic heterocycles. The molecule has 0 radical (unpaired) electrons. The zero-order valence-corrected chi connectivity index (χ0v) is 10.5. The highest BCUT2D eigenvalue weighted by Gasteiger charge is 2.05. The van der Waals surface area contributed by atoms with Crippen molar-refractivity contribution in [3.8, 4) is 0 Å². The Hall–Kier alpha value is -0.870. The summed E-state index contributed by atoms with van der Waals surface area (Å²) in [5.74, 6) is -0.0327. The molecule has 4 heteroatoms. The Balaban J connectivity index is 2.65. The van der Waals surface area contributed by atoms with Crippen LogP contribution < -0.4 is 10.6 Å². The van der Waals surface area contributed by atoms with E-state index in [1.807, 2.05) is 32.2 Å². The van der Waals surface area contributed by atoms with Crippen LogP contribution in [0.15, 0.2) is 22.7 Å². The topological polar surface area (TPSA) is 41.1 Å². The maximum Gasteiger partial charge on any atom is 0.251 e. The quantitative estimate of drug-likeness (QED) is 0.818. The maximum absolute atomic E-state index is 11.7. The lowest BCUT2D eigenvalue weighted by atomic mass is 10.1. The van der Waals surface area contributed by atoms with Gasteiger partial charge in [-0.3, -0.25) is 4.79 Å². The molecule has 1 aromatic carbocycles. The lowest BCUT2D eigenvalue weighted by Crippen LogP contribution is -2.30. The van der Waals surface area contributed by atoms with Crippen molar-refractivity contribution in [2.75, 3.05) is 20.1 Å². The van der Waals surface area contributed by atoms with Crippen LogP contribution in [-0.2, 0) is 0 Å². The van der Waals surface area contributed by atoms with E-state index in [9.17, 15) is 4.79 Å². The first-order valence-corrected chi connectivity index (χ1v) is 5.63. The van der Waals surface area contributed by atoms with Crippen LogP contribution in [0.25, 0.3) is 0 Å². The van der Waals surface area contributed by atoms with Crippen molar-refractivity contribution < 1.29 is 4.79 Å². The summed E-state index contributed by atoms with van der Waals surface area (Å²) < 4.78 is 0.932. The zero-order valence-electron chi connectivity index (χ0n) is 8.93. The van der Waals surface area contributed by atoms with Crippen LogP contribution in [0, 0.1) is 6.92 Å². The van der Waals surface area contributed by atoms with Gasteiger partial charge >= 0.3 is 0 Å². The summed E-state index contributed by atoms with van der Waals surface area (Å²) in [5, 5.41) is 5.81. The molecule has 0 unspecified atom stereocenters. The highest BCUT2D eigenvalue weighted by Crippen LogP contribution is 2.15. The summed E-state index contributed by atoms with van der Waals surface area (Å²) in [5.41, 5.74) is 1.76. The van der Waals surface area contributed by atoms with Gasteiger partial charge in [0.15, 0.2) is 0 Å². The Labute approximate surface area is 98.4 Å². The van der Waals surface area contributed by atoms with Crippen LogP contribution in [0.3, 0.4) is 0 Å². The van der Waals surface area contributed by atoms with Gasteiger partial charge < -0.3 is 10.6 Å². The van der Waals surface area contributed by atoms with Crippen LogP contribution in [0.2, 0.25) is 0 Å². The maximum atomic E-state index is 11.7. The van der Waals surface area contributed by atoms with E-state index < -0.39 is 0 Å². The monoisotopic (exact) mass is 270 g/mol. The second-order valence-electron chi connectivity index (χ2n) is 3.38. The van der Waals surface area contributed by atoms with Crippen LogP contribution in [0.5, 0.6) is 0 Å². The summed E-state index contributed by atoms with van der Waals surface area (Å²) in [7, 11) is 1.86. The first-order chi connectivity index (χ1) is 7.13. The average molecular weight is 271 g/mol. The first-order valence-electron chi connectivity index (χ1n) is 4.83. The van der Waals surface area contributed by atoms with Crippen LogP contribution >= 0.6 is 15.9 Å². The van der Waals surface area contributed by atoms with E-state index in [0.29, 0.717) is 12.1 Å². The molecule has 82 valence electrons. The molecule has 0 saturated carbocycles. The molecule has 0 spiro atoms. The van der Waals surface area contributed by atoms with E-state index in [2.05, 4.69) is 26.6 Å². The zero-order chi connectivity index (χ0) is 11.3. The minimum atomic E-state index is -0.0327. The minimum absolute atomic E-state index is 0.0327. The molecule has 1 rings (SSSR count). The number of amides is 1. The molecule has 1 amide bonds. The third-order valence-corrected chi connectivity index (χ3v) is 2.42. The largest absolute Gasteiger partial charge is 0.351 e. The summed E-state index contributed by atoms with van der Waals surface area (Å²) in [6.07, 6.45) is 0. The molecular weight excluding hydrogens is 256 g/mol. The van der Waals surface area contributed by atoms with E-state index in [4.69, 9.17) is 0 Å². The highest BCUT2D eigenvalue weighted by atomic mass is 79.9. The fourth-order valence-corrected chi connectivity index (χ4v) is 1.88. The summed E-state index contributed by atoms with van der Waals surface area (Å²) >= 11 is 3.37. The van der Waals surface area contributed by atoms with Gasteiger partial charge in [-0.1, -0.05) is 15.9 Å². The minimum Gasteiger partial charge on any atom is -0.351 e. The van der Waals surface area contributed by atoms with Crippen molar-refractivity contribution >= 4 is 21.8 Å². The third-order valence-electron chi connectivity index (χ3n) is 1.96. The molecule has 0 aliphatic carbocycles. The molecule has 0 atom stereocenters. The average Bonchev–Trinajstić information content (AvgIpc) is 2.16. The number of carbonyl (C=O) groups is 1. The first kappa shape index (κ1) is 12.2. The van der Waals surface area contributed by atoms with Gasteiger partial charge in [0.2, 0.25) is 0 Å². The van der Waals surface area contributed by atoms with Gasteiger partial charge in [-0.05, 0) is 37.7 Å². The fraction of sp³-hybridized carbons (Fsp3) is 0.364. The Morgan fingerprint density at radius 3 is 2.67 bits per heavy atom. The Morgan fingerprint density at radius 2 is 2.07 bits per heavy atom. The molecule has 0 saturated heterocycles. The molecule has 0 heterocycles. The fourth-order valence-electron chi connectivity index (χ4n) is 1.27. The van der Waals surface area contributed by atoms with Crippen LogP contribution in [-0.4, -0.2) is 26.0 Å². The molecule has 3 nitrogen and oxygen atoms in total. The number of halogens is 1. The lowest BCUT2D eigenvalue weighted by molar-refractivity contribution is 0.0954. The van der Waals surface area contributed by atoms with Crippen LogP contribution in [0.1, 0.15) is 15.9 Å². The number of rotatable bonds is 4. The van der Waals surface area contributed by atoms with Crippen LogP contribution in [0.4, 0.5) is 0 Å². The van der Waals surface area contributed by atoms with Gasteiger partial charge in [0.25, 0.3) is 5.91 Å². The Bertz CT molecular complexity index is 332. The third kappa shape index (κ3) is 4.01. The number of aryl methyl sites for hydroxylation is 1. The predicted octanol–water partition coefficient (Wildman–Crippen LogP) is 1.71. The second kappa shape index (κ2) is 5.88. The van der Waals surface area contributed by atoms with E-state index in [0.717, 1.165) is 16.6 Å². The molecule has 2 N–H and O–H groups in total. The molecule has 0 bridgehead atoms. The smallest absolute Gasteiger partial charge is 0.251 e. The summed E-state index contributed by atoms with van der Waals surface area (Å²) in [6, 6.07) is 5.67. The number of hydrogen-bond acceptors (Lipinski definition) is 2. The van der Waals surface area contributed by atoms with Crippen molar-refractivity contribution in [2.45, 2.75) is 6.92 Å². The van der Waals surface area contributed by atoms with E-state index in [1.54, 1.807) is 0 Å². The number of benzene rings is 1. The van der Waals surface area contributed by atoms with Crippen molar-refractivity contribution in [1.82, 2.24) is 10.6 Å². The molecule has 0 fully saturated rings. The van der Waals surface area contributed by atoms with Crippen molar-refractivity contribution in [2.24, 2.45) is 0 Å². The van der Waals surface area contributed by atoms with E-state index in [-0.39, 0.29) is 5.91 Å². The lowest BCUT2D eigenvalue weighted by Gasteiger charge is -2.06. The number of hydrogen-bond donors (Lipinski definition) is 2. The van der Waals surface area contributed by atoms with Crippen molar-refractivity contribution in [3.05, 3.63) is 33.8 Å². The Kier molecular flexibility index (Phi) is 4.78. The van der Waals surface area contributed by atoms with Gasteiger partial charge in [-0.2, -0.15) is 0 Å². The van der Waals surface area contributed by atoms with E-state index >= 15 is 0 Å². The molecular formula is C11H15BrN2O. The molecule has 0 aliphatic rings. The molecule has 0 aliphatic heterocycles. The molecule has 1 aromatic rings. The van der Waals surface area contributed by atoms with Gasteiger partial charge in [0.1, 0.15) is 0 Å². The standard InChI is InChI=1S/C11H15BrN2O/c1-8-5-9(7-10(12)6-8)11(15)14-4-3-13-2/h5-7,13H,3-4H2,1-2H3,(H,14,15). The van der Waals surface area contributed by atoms with Crippen molar-refractivity contribution in [3.63, 3.8) is 0 Å². The van der Waals surface area contributed by atoms with Gasteiger partial charge in [-0.15, -0.1) is 0 Å². The van der Waals surface area contributed by atoms with Gasteiger partial charge in [0, 0.05) is 23.1 Å². The predicted molar refractivity (Wildman–Crippen MR) is 65.1 cm³/mol. The van der Waals surface area contributed by atoms with Crippen molar-refractivity contribution in [1.29, 1.82) is 0 Å². The summed E-state index contributed by atoms with van der Waals surface area (Å²) in [6.45, 7) is 3.38. The number of likely N-dealkylation sites (N-methyl/N-ethyl adjacent to an activating group) is 1. The second-order valence-corrected chi connectivity index (χ2v) is 4.29. The summed E-state index contributed by atoms with van der Waals surface area (Å²) in [4.78, 5) is 11.7. The molecule has 15 heavy (non-hydrogen) atoms. The highest BCUT2D eigenvalue weighted by molar-refractivity contribution is 9.10. The Morgan fingerprint density at radius 1 is 1.33 bits per heavy atom. The normalized spacial score (nSPS) is 10.1. The SMILES string of the molecule is CNCCNC(=O)c1cc(C)cc(Br)c1. The van der Waals surface area contributed by atoms with Gasteiger partial charge in [-0.25, -0.2) is 0 Å². The number of nitrogens with one attached hydrogen (secondary N) is 2.